The van der Waals surface area contributed by atoms with E-state index in [-0.39, 0.29) is 5.41 Å². The topological polar surface area (TPSA) is 0 Å². The smallest absolute Gasteiger partial charge is 0.0227 e. The van der Waals surface area contributed by atoms with Crippen LogP contribution in [0.1, 0.15) is 50.3 Å². The third-order valence-electron chi connectivity index (χ3n) is 13.3. The van der Waals surface area contributed by atoms with E-state index in [4.69, 9.17) is 0 Å². The Morgan fingerprint density at radius 3 is 1.58 bits per heavy atom. The quantitative estimate of drug-likeness (QED) is 0.119. The molecule has 11 rings (SSSR count). The average molecular weight is 787 g/mol. The summed E-state index contributed by atoms with van der Waals surface area (Å²) in [4.78, 5) is 1.33. The second kappa shape index (κ2) is 14.1. The van der Waals surface area contributed by atoms with Crippen LogP contribution >= 0.6 is 11.8 Å². The molecule has 60 heavy (non-hydrogen) atoms. The van der Waals surface area contributed by atoms with Crippen LogP contribution in [0.5, 0.6) is 0 Å². The Labute approximate surface area is 357 Å². The Kier molecular flexibility index (Phi) is 8.62. The number of thioether (sulfide) groups is 1. The molecule has 0 heterocycles. The third-order valence-corrected chi connectivity index (χ3v) is 14.1. The molecule has 0 bridgehead atoms. The van der Waals surface area contributed by atoms with Crippen molar-refractivity contribution in [2.24, 2.45) is 0 Å². The molecule has 0 fully saturated rings. The van der Waals surface area contributed by atoms with Crippen molar-refractivity contribution in [3.05, 3.63) is 199 Å². The molecule has 288 valence electrons. The standard InChI is InChI=1S/C59H46S/c1-36(2)54-45-21-9-10-22-46(45)55(38-30-31-44-43-20-15-16-29-52(43)59(3,4)53(44)35-38)51-28-17-27-42(57(51)54)40-32-39(37-18-7-6-8-19-37)33-41(34-40)56-47-23-11-13-25-49(47)58(60-5)50-26-14-12-24-48(50)56/h6-36H,1-5H3. The minimum absolute atomic E-state index is 0.0901. The lowest BCUT2D eigenvalue weighted by Gasteiger charge is -2.24. The van der Waals surface area contributed by atoms with Crippen LogP contribution in [0, 0.1) is 0 Å². The van der Waals surface area contributed by atoms with Crippen LogP contribution in [0.3, 0.4) is 0 Å². The van der Waals surface area contributed by atoms with Gasteiger partial charge in [0, 0.05) is 10.3 Å². The van der Waals surface area contributed by atoms with Crippen molar-refractivity contribution in [2.45, 2.75) is 43.9 Å². The van der Waals surface area contributed by atoms with Gasteiger partial charge in [-0.05, 0) is 152 Å². The average Bonchev–Trinajstić information content (AvgIpc) is 3.52. The van der Waals surface area contributed by atoms with Gasteiger partial charge in [0.05, 0.1) is 0 Å². The minimum Gasteiger partial charge on any atom is -0.128 e. The van der Waals surface area contributed by atoms with Crippen LogP contribution in [0.25, 0.3) is 98.7 Å². The maximum Gasteiger partial charge on any atom is 0.0227 e. The molecule has 1 aliphatic carbocycles. The summed E-state index contributed by atoms with van der Waals surface area (Å²) in [6.45, 7) is 9.50. The summed E-state index contributed by atoms with van der Waals surface area (Å²) in [5.74, 6) is 0.296. The van der Waals surface area contributed by atoms with E-state index in [9.17, 15) is 0 Å². The fourth-order valence-electron chi connectivity index (χ4n) is 10.6. The van der Waals surface area contributed by atoms with E-state index in [2.05, 4.69) is 216 Å². The zero-order chi connectivity index (χ0) is 40.7. The number of benzene rings is 10. The lowest BCUT2D eigenvalue weighted by Crippen LogP contribution is -2.14. The molecule has 0 spiro atoms. The van der Waals surface area contributed by atoms with Gasteiger partial charge in [-0.3, -0.25) is 0 Å². The van der Waals surface area contributed by atoms with Gasteiger partial charge in [-0.15, -0.1) is 11.8 Å². The van der Waals surface area contributed by atoms with Crippen LogP contribution in [0.15, 0.2) is 187 Å². The fourth-order valence-corrected chi connectivity index (χ4v) is 11.4. The van der Waals surface area contributed by atoms with Gasteiger partial charge < -0.3 is 0 Å². The van der Waals surface area contributed by atoms with Crippen molar-refractivity contribution in [3.8, 4) is 55.6 Å². The van der Waals surface area contributed by atoms with Gasteiger partial charge in [0.1, 0.15) is 0 Å². The second-order valence-corrected chi connectivity index (χ2v) is 18.1. The van der Waals surface area contributed by atoms with Gasteiger partial charge in [-0.1, -0.05) is 185 Å². The Hall–Kier alpha value is -6.41. The van der Waals surface area contributed by atoms with E-state index in [1.165, 1.54) is 120 Å². The maximum atomic E-state index is 2.50. The summed E-state index contributed by atoms with van der Waals surface area (Å²) < 4.78 is 0. The molecule has 0 saturated carbocycles. The number of hydrogen-bond acceptors (Lipinski definition) is 1. The van der Waals surface area contributed by atoms with Gasteiger partial charge in [-0.2, -0.15) is 0 Å². The molecular formula is C59H46S. The largest absolute Gasteiger partial charge is 0.128 e. The van der Waals surface area contributed by atoms with Gasteiger partial charge in [0.25, 0.3) is 0 Å². The van der Waals surface area contributed by atoms with E-state index >= 15 is 0 Å². The molecule has 0 saturated heterocycles. The molecule has 0 aliphatic heterocycles. The van der Waals surface area contributed by atoms with Crippen molar-refractivity contribution in [3.63, 3.8) is 0 Å². The van der Waals surface area contributed by atoms with Gasteiger partial charge in [-0.25, -0.2) is 0 Å². The highest BCUT2D eigenvalue weighted by molar-refractivity contribution is 7.99. The van der Waals surface area contributed by atoms with Gasteiger partial charge in [0.15, 0.2) is 0 Å². The SMILES string of the molecule is CSc1c2ccccc2c(-c2cc(-c3ccccc3)cc(-c3cccc4c(-c5ccc6c(c5)C(C)(C)c5ccccc5-6)c5ccccc5c(C(C)C)c34)c2)c2ccccc12. The molecule has 0 N–H and O–H groups in total. The van der Waals surface area contributed by atoms with Crippen molar-refractivity contribution >= 4 is 54.9 Å². The molecular weight excluding hydrogens is 741 g/mol. The zero-order valence-electron chi connectivity index (χ0n) is 34.8. The molecule has 0 aromatic heterocycles. The van der Waals surface area contributed by atoms with Crippen LogP contribution in [-0.4, -0.2) is 6.26 Å². The van der Waals surface area contributed by atoms with E-state index in [0.29, 0.717) is 5.92 Å². The summed E-state index contributed by atoms with van der Waals surface area (Å²) in [7, 11) is 0. The Morgan fingerprint density at radius 1 is 0.383 bits per heavy atom. The number of rotatable bonds is 6. The molecule has 0 nitrogen and oxygen atoms in total. The molecule has 0 radical (unpaired) electrons. The van der Waals surface area contributed by atoms with Crippen molar-refractivity contribution in [1.82, 2.24) is 0 Å². The van der Waals surface area contributed by atoms with E-state index in [1.54, 1.807) is 0 Å². The van der Waals surface area contributed by atoms with E-state index in [0.717, 1.165) is 0 Å². The highest BCUT2D eigenvalue weighted by Gasteiger charge is 2.35. The first kappa shape index (κ1) is 36.7. The van der Waals surface area contributed by atoms with Gasteiger partial charge in [0.2, 0.25) is 0 Å². The zero-order valence-corrected chi connectivity index (χ0v) is 35.6. The minimum atomic E-state index is -0.0901. The molecule has 0 atom stereocenters. The monoisotopic (exact) mass is 786 g/mol. The molecule has 1 heteroatoms. The third kappa shape index (κ3) is 5.52. The normalized spacial score (nSPS) is 13.1. The molecule has 0 unspecified atom stereocenters. The second-order valence-electron chi connectivity index (χ2n) is 17.3. The highest BCUT2D eigenvalue weighted by Crippen LogP contribution is 2.52. The van der Waals surface area contributed by atoms with E-state index in [1.807, 2.05) is 11.8 Å². The van der Waals surface area contributed by atoms with Crippen molar-refractivity contribution < 1.29 is 0 Å². The number of hydrogen-bond donors (Lipinski definition) is 0. The predicted molar refractivity (Wildman–Crippen MR) is 262 cm³/mol. The molecule has 10 aromatic rings. The summed E-state index contributed by atoms with van der Waals surface area (Å²) in [6.07, 6.45) is 2.20. The maximum absolute atomic E-state index is 2.50. The van der Waals surface area contributed by atoms with Gasteiger partial charge >= 0.3 is 0 Å². The lowest BCUT2D eigenvalue weighted by molar-refractivity contribution is 0.660. The van der Waals surface area contributed by atoms with Crippen molar-refractivity contribution in [2.75, 3.05) is 6.26 Å². The number of fused-ring (bicyclic) bond motifs is 7. The highest BCUT2D eigenvalue weighted by atomic mass is 32.2. The molecule has 1 aliphatic rings. The summed E-state index contributed by atoms with van der Waals surface area (Å²) in [5, 5.41) is 10.4. The molecule has 10 aromatic carbocycles. The Balaban J connectivity index is 1.24. The van der Waals surface area contributed by atoms with Crippen LogP contribution in [0.2, 0.25) is 0 Å². The first-order valence-electron chi connectivity index (χ1n) is 21.2. The Morgan fingerprint density at radius 2 is 0.900 bits per heavy atom. The predicted octanol–water partition coefficient (Wildman–Crippen LogP) is 17.1. The van der Waals surface area contributed by atoms with Crippen molar-refractivity contribution in [1.29, 1.82) is 0 Å². The van der Waals surface area contributed by atoms with Crippen LogP contribution in [-0.2, 0) is 5.41 Å². The van der Waals surface area contributed by atoms with Crippen LogP contribution < -0.4 is 0 Å². The lowest BCUT2D eigenvalue weighted by atomic mass is 9.79. The summed E-state index contributed by atoms with van der Waals surface area (Å²) in [5.41, 5.74) is 16.9. The fraction of sp³-hybridized carbons (Fsp3) is 0.119. The Bertz CT molecular complexity index is 3290. The summed E-state index contributed by atoms with van der Waals surface area (Å²) in [6, 6.07) is 68.6. The first-order valence-corrected chi connectivity index (χ1v) is 22.5. The molecule has 0 amide bonds. The van der Waals surface area contributed by atoms with Crippen LogP contribution in [0.4, 0.5) is 0 Å². The summed E-state index contributed by atoms with van der Waals surface area (Å²) >= 11 is 1.84. The first-order chi connectivity index (χ1) is 29.3. The van der Waals surface area contributed by atoms with E-state index < -0.39 is 0 Å².